The Balaban J connectivity index is 2.81. The van der Waals surface area contributed by atoms with Crippen LogP contribution < -0.4 is 0 Å². The Morgan fingerprint density at radius 3 is 2.64 bits per heavy atom. The Kier molecular flexibility index (Phi) is 3.30. The predicted octanol–water partition coefficient (Wildman–Crippen LogP) is 2.13. The number of hydrogen-bond donors (Lipinski definition) is 1. The standard InChI is InChI=1S/C12H12O2/c1-9-6-7-11(8-10(9)2)4-3-5-12(13)14/h6-8H,5H2,1-2H3,(H,13,14). The third kappa shape index (κ3) is 2.95. The summed E-state index contributed by atoms with van der Waals surface area (Å²) in [6.07, 6.45) is -0.104. The summed E-state index contributed by atoms with van der Waals surface area (Å²) in [7, 11) is 0. The van der Waals surface area contributed by atoms with Crippen LogP contribution in [0.3, 0.4) is 0 Å². The van der Waals surface area contributed by atoms with Crippen molar-refractivity contribution in [2.45, 2.75) is 20.3 Å². The van der Waals surface area contributed by atoms with Gasteiger partial charge in [0.15, 0.2) is 0 Å². The number of aliphatic carboxylic acids is 1. The van der Waals surface area contributed by atoms with E-state index in [0.29, 0.717) is 0 Å². The second-order valence-electron chi connectivity index (χ2n) is 3.17. The topological polar surface area (TPSA) is 37.3 Å². The molecule has 0 aliphatic heterocycles. The first-order valence-electron chi connectivity index (χ1n) is 4.37. The van der Waals surface area contributed by atoms with Crippen LogP contribution in [0.25, 0.3) is 0 Å². The van der Waals surface area contributed by atoms with E-state index >= 15 is 0 Å². The van der Waals surface area contributed by atoms with Gasteiger partial charge >= 0.3 is 5.97 Å². The van der Waals surface area contributed by atoms with Crippen molar-refractivity contribution in [1.82, 2.24) is 0 Å². The average molecular weight is 188 g/mol. The number of aryl methyl sites for hydroxylation is 2. The van der Waals surface area contributed by atoms with E-state index in [0.717, 1.165) is 5.56 Å². The zero-order valence-electron chi connectivity index (χ0n) is 8.29. The van der Waals surface area contributed by atoms with Crippen LogP contribution in [0.4, 0.5) is 0 Å². The summed E-state index contributed by atoms with van der Waals surface area (Å²) >= 11 is 0. The largest absolute Gasteiger partial charge is 0.481 e. The Morgan fingerprint density at radius 1 is 1.36 bits per heavy atom. The number of carboxylic acids is 1. The molecule has 2 nitrogen and oxygen atoms in total. The molecule has 1 aromatic rings. The minimum Gasteiger partial charge on any atom is -0.481 e. The molecule has 0 amide bonds. The smallest absolute Gasteiger partial charge is 0.315 e. The molecule has 0 saturated heterocycles. The van der Waals surface area contributed by atoms with E-state index in [2.05, 4.69) is 11.8 Å². The van der Waals surface area contributed by atoms with Gasteiger partial charge in [0.25, 0.3) is 0 Å². The van der Waals surface area contributed by atoms with Crippen molar-refractivity contribution in [2.75, 3.05) is 0 Å². The van der Waals surface area contributed by atoms with Gasteiger partial charge in [-0.05, 0) is 37.1 Å². The highest BCUT2D eigenvalue weighted by Crippen LogP contribution is 2.08. The lowest BCUT2D eigenvalue weighted by Crippen LogP contribution is -1.90. The van der Waals surface area contributed by atoms with Gasteiger partial charge in [-0.2, -0.15) is 0 Å². The van der Waals surface area contributed by atoms with Gasteiger partial charge in [-0.1, -0.05) is 17.9 Å². The maximum Gasteiger partial charge on any atom is 0.315 e. The predicted molar refractivity (Wildman–Crippen MR) is 55.0 cm³/mol. The Bertz CT molecular complexity index is 408. The van der Waals surface area contributed by atoms with Gasteiger partial charge < -0.3 is 5.11 Å². The summed E-state index contributed by atoms with van der Waals surface area (Å²) in [5.74, 6) is 4.52. The fourth-order valence-corrected chi connectivity index (χ4v) is 1.04. The third-order valence-corrected chi connectivity index (χ3v) is 1.98. The van der Waals surface area contributed by atoms with Crippen LogP contribution in [-0.4, -0.2) is 11.1 Å². The van der Waals surface area contributed by atoms with Gasteiger partial charge in [0.1, 0.15) is 6.42 Å². The molecule has 0 heterocycles. The quantitative estimate of drug-likeness (QED) is 0.685. The zero-order chi connectivity index (χ0) is 10.6. The fraction of sp³-hybridized carbons (Fsp3) is 0.250. The summed E-state index contributed by atoms with van der Waals surface area (Å²) in [4.78, 5) is 10.2. The minimum atomic E-state index is -0.888. The molecule has 1 rings (SSSR count). The molecule has 0 fully saturated rings. The normalized spacial score (nSPS) is 9.00. The van der Waals surface area contributed by atoms with E-state index in [1.807, 2.05) is 32.0 Å². The molecule has 0 atom stereocenters. The molecule has 0 aromatic heterocycles. The van der Waals surface area contributed by atoms with Crippen molar-refractivity contribution >= 4 is 5.97 Å². The maximum atomic E-state index is 10.2. The molecule has 0 spiro atoms. The van der Waals surface area contributed by atoms with E-state index in [-0.39, 0.29) is 6.42 Å². The fourth-order valence-electron chi connectivity index (χ4n) is 1.04. The molecular formula is C12H12O2. The molecule has 0 unspecified atom stereocenters. The van der Waals surface area contributed by atoms with Gasteiger partial charge in [0, 0.05) is 5.56 Å². The van der Waals surface area contributed by atoms with Crippen LogP contribution >= 0.6 is 0 Å². The summed E-state index contributed by atoms with van der Waals surface area (Å²) in [5.41, 5.74) is 3.26. The van der Waals surface area contributed by atoms with Crippen LogP contribution in [0.1, 0.15) is 23.1 Å². The molecular weight excluding hydrogens is 176 g/mol. The number of benzene rings is 1. The second kappa shape index (κ2) is 4.48. The van der Waals surface area contributed by atoms with Crippen molar-refractivity contribution in [3.05, 3.63) is 34.9 Å². The van der Waals surface area contributed by atoms with Crippen LogP contribution in [0.15, 0.2) is 18.2 Å². The van der Waals surface area contributed by atoms with Crippen LogP contribution in [0.5, 0.6) is 0 Å². The van der Waals surface area contributed by atoms with Crippen molar-refractivity contribution in [2.24, 2.45) is 0 Å². The second-order valence-corrected chi connectivity index (χ2v) is 3.17. The van der Waals surface area contributed by atoms with E-state index in [1.165, 1.54) is 11.1 Å². The highest BCUT2D eigenvalue weighted by atomic mass is 16.4. The first kappa shape index (κ1) is 10.3. The Morgan fingerprint density at radius 2 is 2.07 bits per heavy atom. The van der Waals surface area contributed by atoms with E-state index in [1.54, 1.807) is 0 Å². The van der Waals surface area contributed by atoms with Gasteiger partial charge in [0.2, 0.25) is 0 Å². The maximum absolute atomic E-state index is 10.2. The van der Waals surface area contributed by atoms with E-state index < -0.39 is 5.97 Å². The Labute approximate surface area is 83.6 Å². The van der Waals surface area contributed by atoms with Crippen LogP contribution in [-0.2, 0) is 4.79 Å². The van der Waals surface area contributed by atoms with Crippen molar-refractivity contribution in [1.29, 1.82) is 0 Å². The molecule has 0 aliphatic carbocycles. The van der Waals surface area contributed by atoms with E-state index in [4.69, 9.17) is 5.11 Å². The highest BCUT2D eigenvalue weighted by molar-refractivity contribution is 5.70. The number of rotatable bonds is 1. The first-order valence-corrected chi connectivity index (χ1v) is 4.37. The number of carbonyl (C=O) groups is 1. The molecule has 1 aromatic carbocycles. The van der Waals surface area contributed by atoms with Gasteiger partial charge in [-0.25, -0.2) is 0 Å². The number of hydrogen-bond acceptors (Lipinski definition) is 1. The lowest BCUT2D eigenvalue weighted by atomic mass is 10.1. The highest BCUT2D eigenvalue weighted by Gasteiger charge is 1.93. The van der Waals surface area contributed by atoms with Crippen LogP contribution in [0, 0.1) is 25.7 Å². The monoisotopic (exact) mass is 188 g/mol. The molecule has 0 saturated carbocycles. The van der Waals surface area contributed by atoms with Crippen molar-refractivity contribution < 1.29 is 9.90 Å². The summed E-state index contributed by atoms with van der Waals surface area (Å²) in [6, 6.07) is 5.85. The number of carboxylic acid groups (broad SMARTS) is 1. The third-order valence-electron chi connectivity index (χ3n) is 1.98. The SMILES string of the molecule is Cc1ccc(C#CCC(=O)O)cc1C. The molecule has 14 heavy (non-hydrogen) atoms. The van der Waals surface area contributed by atoms with Crippen LogP contribution in [0.2, 0.25) is 0 Å². The summed E-state index contributed by atoms with van der Waals surface area (Å²) in [5, 5.41) is 8.39. The molecule has 0 radical (unpaired) electrons. The summed E-state index contributed by atoms with van der Waals surface area (Å²) < 4.78 is 0. The molecule has 72 valence electrons. The Hall–Kier alpha value is -1.75. The minimum absolute atomic E-state index is 0.104. The molecule has 1 N–H and O–H groups in total. The molecule has 2 heteroatoms. The lowest BCUT2D eigenvalue weighted by molar-refractivity contribution is -0.135. The van der Waals surface area contributed by atoms with Crippen molar-refractivity contribution in [3.8, 4) is 11.8 Å². The first-order chi connectivity index (χ1) is 6.59. The van der Waals surface area contributed by atoms with Gasteiger partial charge in [-0.3, -0.25) is 4.79 Å². The van der Waals surface area contributed by atoms with Gasteiger partial charge in [-0.15, -0.1) is 0 Å². The van der Waals surface area contributed by atoms with Crippen molar-refractivity contribution in [3.63, 3.8) is 0 Å². The average Bonchev–Trinajstić information content (AvgIpc) is 2.10. The van der Waals surface area contributed by atoms with Gasteiger partial charge in [0.05, 0.1) is 0 Å². The molecule has 0 aliphatic rings. The lowest BCUT2D eigenvalue weighted by Gasteiger charge is -1.98. The zero-order valence-corrected chi connectivity index (χ0v) is 8.29. The summed E-state index contributed by atoms with van der Waals surface area (Å²) in [6.45, 7) is 4.04. The van der Waals surface area contributed by atoms with E-state index in [9.17, 15) is 4.79 Å². The molecule has 0 bridgehead atoms.